The summed E-state index contributed by atoms with van der Waals surface area (Å²) in [7, 11) is -1.90. The number of unbranched alkanes of at least 4 members (excludes halogenated alkanes) is 1. The zero-order valence-electron chi connectivity index (χ0n) is 38.3. The Morgan fingerprint density at radius 2 is 1.24 bits per heavy atom. The quantitative estimate of drug-likeness (QED) is 0.0318. The summed E-state index contributed by atoms with van der Waals surface area (Å²) in [6.07, 6.45) is -27.6. The molecule has 1 aliphatic carbocycles. The van der Waals surface area contributed by atoms with Gasteiger partial charge in [-0.25, -0.2) is 0 Å². The van der Waals surface area contributed by atoms with E-state index in [9.17, 15) is 70.0 Å². The van der Waals surface area contributed by atoms with Gasteiger partial charge in [0.1, 0.15) is 79.3 Å². The molecule has 9 unspecified atom stereocenters. The normalized spacial score (nSPS) is 40.1. The van der Waals surface area contributed by atoms with Crippen LogP contribution in [-0.4, -0.2) is 239 Å². The highest BCUT2D eigenvalue weighted by atomic mass is 31.2. The summed E-state index contributed by atoms with van der Waals surface area (Å²) >= 11 is 0. The van der Waals surface area contributed by atoms with Crippen LogP contribution in [0.15, 0.2) is 0 Å². The van der Waals surface area contributed by atoms with Gasteiger partial charge in [0.2, 0.25) is 17.7 Å². The highest BCUT2D eigenvalue weighted by Gasteiger charge is 2.56. The molecule has 67 heavy (non-hydrogen) atoms. The molecule has 3 aliphatic heterocycles. The lowest BCUT2D eigenvalue weighted by Gasteiger charge is -2.51. The van der Waals surface area contributed by atoms with Gasteiger partial charge in [-0.1, -0.05) is 6.92 Å². The predicted molar refractivity (Wildman–Crippen MR) is 225 cm³/mol. The van der Waals surface area contributed by atoms with Crippen molar-refractivity contribution in [3.8, 4) is 0 Å². The Labute approximate surface area is 388 Å². The third kappa shape index (κ3) is 15.9. The molecule has 0 aromatic carbocycles. The number of amides is 3. The van der Waals surface area contributed by atoms with Gasteiger partial charge in [-0.3, -0.25) is 18.9 Å². The second kappa shape index (κ2) is 26.9. The first-order valence-electron chi connectivity index (χ1n) is 22.4. The van der Waals surface area contributed by atoms with Gasteiger partial charge in [-0.15, -0.1) is 0 Å². The van der Waals surface area contributed by atoms with Crippen LogP contribution in [0.5, 0.6) is 0 Å². The summed E-state index contributed by atoms with van der Waals surface area (Å²) in [6.45, 7) is 3.94. The van der Waals surface area contributed by atoms with Crippen molar-refractivity contribution in [3.05, 3.63) is 0 Å². The van der Waals surface area contributed by atoms with Crippen molar-refractivity contribution < 1.29 is 112 Å². The summed E-state index contributed by atoms with van der Waals surface area (Å²) in [5, 5.41) is 115. The fraction of sp³-hybridized carbons (Fsp3) is 0.925. The summed E-state index contributed by atoms with van der Waals surface area (Å²) in [6, 6.07) is -1.40. The van der Waals surface area contributed by atoms with Crippen LogP contribution in [0.25, 0.3) is 0 Å². The minimum atomic E-state index is -3.16. The van der Waals surface area contributed by atoms with Gasteiger partial charge >= 0.3 is 7.60 Å². The van der Waals surface area contributed by atoms with Crippen LogP contribution >= 0.6 is 7.60 Å². The van der Waals surface area contributed by atoms with Crippen molar-refractivity contribution >= 4 is 25.3 Å². The summed E-state index contributed by atoms with van der Waals surface area (Å²) in [5.41, 5.74) is 0. The van der Waals surface area contributed by atoms with Crippen LogP contribution in [0, 0.1) is 5.92 Å². The Morgan fingerprint density at radius 3 is 1.85 bits per heavy atom. The molecule has 3 saturated heterocycles. The van der Waals surface area contributed by atoms with E-state index in [2.05, 4.69) is 16.0 Å². The van der Waals surface area contributed by atoms with E-state index in [-0.39, 0.29) is 63.8 Å². The molecule has 0 spiro atoms. The minimum Gasteiger partial charge on any atom is -0.394 e. The number of hydrogen-bond donors (Lipinski definition) is 13. The zero-order chi connectivity index (χ0) is 49.7. The van der Waals surface area contributed by atoms with Crippen molar-refractivity contribution in [2.75, 3.05) is 53.3 Å². The van der Waals surface area contributed by atoms with Crippen molar-refractivity contribution in [2.24, 2.45) is 5.92 Å². The molecule has 0 bridgehead atoms. The minimum absolute atomic E-state index is 0.00547. The van der Waals surface area contributed by atoms with Crippen LogP contribution in [0.1, 0.15) is 59.3 Å². The molecule has 4 fully saturated rings. The number of aliphatic hydroxyl groups is 10. The van der Waals surface area contributed by atoms with E-state index in [1.54, 1.807) is 6.92 Å². The maximum atomic E-state index is 12.9. The largest absolute Gasteiger partial charge is 0.394 e. The second-order valence-corrected chi connectivity index (χ2v) is 19.4. The van der Waals surface area contributed by atoms with Crippen molar-refractivity contribution in [2.45, 2.75) is 176 Å². The maximum absolute atomic E-state index is 12.9. The summed E-state index contributed by atoms with van der Waals surface area (Å²) in [4.78, 5) is 37.5. The molecule has 0 radical (unpaired) electrons. The number of hydrogen-bond acceptors (Lipinski definition) is 23. The molecular weight excluding hydrogens is 921 g/mol. The lowest BCUT2D eigenvalue weighted by molar-refractivity contribution is -0.384. The molecule has 27 heteroatoms. The molecule has 4 rings (SSSR count). The fourth-order valence-corrected chi connectivity index (χ4v) is 8.63. The Hall–Kier alpha value is -2.12. The molecule has 13 N–H and O–H groups in total. The molecule has 0 aromatic heterocycles. The van der Waals surface area contributed by atoms with Gasteiger partial charge in [0, 0.05) is 46.6 Å². The first kappa shape index (κ1) is 57.5. The lowest BCUT2D eigenvalue weighted by Crippen LogP contribution is -2.70. The molecule has 26 nitrogen and oxygen atoms in total. The lowest BCUT2D eigenvalue weighted by atomic mass is 9.81. The monoisotopic (exact) mass is 993 g/mol. The Kier molecular flexibility index (Phi) is 23.1. The molecule has 1 saturated carbocycles. The zero-order valence-corrected chi connectivity index (χ0v) is 39.2. The van der Waals surface area contributed by atoms with Gasteiger partial charge in [0.15, 0.2) is 18.9 Å². The number of carbonyl (C=O) groups is 3. The highest BCUT2D eigenvalue weighted by molar-refractivity contribution is 7.52. The molecule has 3 heterocycles. The maximum Gasteiger partial charge on any atom is 0.327 e. The van der Waals surface area contributed by atoms with Gasteiger partial charge in [0.25, 0.3) is 0 Å². The van der Waals surface area contributed by atoms with Gasteiger partial charge < -0.3 is 109 Å². The number of rotatable bonds is 24. The average molecular weight is 994 g/mol. The first-order valence-corrected chi connectivity index (χ1v) is 24.4. The van der Waals surface area contributed by atoms with Crippen LogP contribution in [0.3, 0.4) is 0 Å². The number of nitrogens with one attached hydrogen (secondary N) is 3. The third-order valence-corrected chi connectivity index (χ3v) is 13.4. The van der Waals surface area contributed by atoms with Crippen LogP contribution in [-0.2, 0) is 61.2 Å². The fourth-order valence-electron chi connectivity index (χ4n) is 8.10. The number of carbonyl (C=O) groups excluding carboxylic acids is 3. The smallest absolute Gasteiger partial charge is 0.327 e. The third-order valence-electron chi connectivity index (χ3n) is 12.1. The number of ether oxygens (including phenoxy) is 7. The first-order chi connectivity index (χ1) is 31.6. The Morgan fingerprint density at radius 1 is 0.642 bits per heavy atom. The standard InChI is InChI=1S/C40H72N3O23P/c1-18-15-21(29(51)31(53)27(18)49)62-35-23(17-45)64-38(59-13-8-11-41-24(47)9-6-7-10-25(48)42-12-14-60-67(5,57)58-4)26(43-20(3)46)36(35)65-40-37(33(55)30(52)22(16-44)63-40)66-39-34(56)32(54)28(50)19(2)61-39/h18-19,21-23,26-40,44-45,49-56H,6-17H2,1-5H3,(H,41,47)(H,42,48)(H,43,46)/t18?,19?,21-,22?,23?,26?,27+,28+,29-,30+,31?,32?,33+,34+,35+,36-,37?,38-,39+,40+,67?/m1/s1. The van der Waals surface area contributed by atoms with E-state index in [1.165, 1.54) is 20.7 Å². The van der Waals surface area contributed by atoms with Gasteiger partial charge in [-0.05, 0) is 38.5 Å². The average Bonchev–Trinajstić information content (AvgIpc) is 3.29. The summed E-state index contributed by atoms with van der Waals surface area (Å²) < 4.78 is 63.9. The molecule has 0 aromatic rings. The van der Waals surface area contributed by atoms with E-state index in [0.29, 0.717) is 12.8 Å². The molecule has 3 amide bonds. The van der Waals surface area contributed by atoms with Crippen molar-refractivity contribution in [1.82, 2.24) is 16.0 Å². The van der Waals surface area contributed by atoms with Crippen LogP contribution < -0.4 is 16.0 Å². The van der Waals surface area contributed by atoms with Crippen LogP contribution in [0.2, 0.25) is 0 Å². The molecule has 21 atom stereocenters. The molecule has 390 valence electrons. The van der Waals surface area contributed by atoms with E-state index < -0.39 is 149 Å². The topological polar surface area (TPSA) is 390 Å². The van der Waals surface area contributed by atoms with Gasteiger partial charge in [0.05, 0.1) is 44.7 Å². The van der Waals surface area contributed by atoms with Crippen LogP contribution in [0.4, 0.5) is 0 Å². The number of aliphatic hydroxyl groups excluding tert-OH is 10. The predicted octanol–water partition coefficient (Wildman–Crippen LogP) is -5.19. The van der Waals surface area contributed by atoms with Crippen molar-refractivity contribution in [1.29, 1.82) is 0 Å². The summed E-state index contributed by atoms with van der Waals surface area (Å²) in [5.74, 6) is -1.83. The Balaban J connectivity index is 1.49. The molecular formula is C40H72N3O23P. The van der Waals surface area contributed by atoms with E-state index >= 15 is 0 Å². The van der Waals surface area contributed by atoms with E-state index in [0.717, 1.165) is 6.92 Å². The Bertz CT molecular complexity index is 1590. The van der Waals surface area contributed by atoms with E-state index in [4.69, 9.17) is 42.2 Å². The second-order valence-electron chi connectivity index (χ2n) is 17.3. The van der Waals surface area contributed by atoms with Gasteiger partial charge in [-0.2, -0.15) is 0 Å². The van der Waals surface area contributed by atoms with Crippen molar-refractivity contribution in [3.63, 3.8) is 0 Å². The van der Waals surface area contributed by atoms with E-state index in [1.807, 2.05) is 0 Å². The highest BCUT2D eigenvalue weighted by Crippen LogP contribution is 2.42. The SMILES string of the molecule is COP(C)(=O)OCCNC(=O)CCCCC(=O)NCCCO[C@@H]1OC(CO)[C@H](O[C@@H]2CC(C)[C@H](O)C(O)[C@@H]2O)[C@H](O[C@@H]2OC(CO)[C@H](O)[C@H](O)C2O[C@@H]2OC(C)[C@H](O)C(O)[C@@H]2O)C1NC(C)=O. The molecule has 4 aliphatic rings.